The zero-order valence-corrected chi connectivity index (χ0v) is 12.5. The van der Waals surface area contributed by atoms with Gasteiger partial charge in [0.05, 0.1) is 6.42 Å². The highest BCUT2D eigenvalue weighted by Gasteiger charge is 2.38. The smallest absolute Gasteiger partial charge is 0.252 e. The molecule has 0 saturated carbocycles. The van der Waals surface area contributed by atoms with Crippen LogP contribution in [-0.4, -0.2) is 29.3 Å². The van der Waals surface area contributed by atoms with Gasteiger partial charge in [-0.05, 0) is 49.3 Å². The minimum absolute atomic E-state index is 0.0517. The van der Waals surface area contributed by atoms with Crippen molar-refractivity contribution in [2.45, 2.75) is 51.5 Å². The van der Waals surface area contributed by atoms with Crippen LogP contribution in [0.5, 0.6) is 0 Å². The molecule has 0 radical (unpaired) electrons. The Labute approximate surface area is 125 Å². The Morgan fingerprint density at radius 1 is 1.24 bits per heavy atom. The summed E-state index contributed by atoms with van der Waals surface area (Å²) in [4.78, 5) is 25.6. The number of carbonyl (C=O) groups excluding carboxylic acids is 2. The van der Waals surface area contributed by atoms with Crippen LogP contribution >= 0.6 is 0 Å². The van der Waals surface area contributed by atoms with Crippen LogP contribution in [0.3, 0.4) is 0 Å². The van der Waals surface area contributed by atoms with Gasteiger partial charge in [0.25, 0.3) is 5.91 Å². The zero-order valence-electron chi connectivity index (χ0n) is 12.5. The fourth-order valence-corrected chi connectivity index (χ4v) is 3.36. The number of likely N-dealkylation sites (tertiary alicyclic amines) is 1. The van der Waals surface area contributed by atoms with Crippen LogP contribution in [0.2, 0.25) is 0 Å². The lowest BCUT2D eigenvalue weighted by molar-refractivity contribution is -0.138. The van der Waals surface area contributed by atoms with Gasteiger partial charge < -0.3 is 5.32 Å². The average Bonchev–Trinajstić information content (AvgIpc) is 2.76. The highest BCUT2D eigenvalue weighted by molar-refractivity contribution is 6.06. The molecule has 112 valence electrons. The van der Waals surface area contributed by atoms with Crippen LogP contribution in [0.15, 0.2) is 18.2 Å². The first-order valence-electron chi connectivity index (χ1n) is 7.92. The van der Waals surface area contributed by atoms with E-state index < -0.39 is 6.04 Å². The van der Waals surface area contributed by atoms with E-state index in [0.717, 1.165) is 24.9 Å². The third kappa shape index (κ3) is 2.67. The van der Waals surface area contributed by atoms with E-state index >= 15 is 0 Å². The fourth-order valence-electron chi connectivity index (χ4n) is 3.36. The number of anilines is 1. The second kappa shape index (κ2) is 5.88. The number of rotatable bonds is 4. The number of benzene rings is 1. The van der Waals surface area contributed by atoms with Crippen molar-refractivity contribution in [1.82, 2.24) is 4.90 Å². The molecule has 1 N–H and O–H groups in total. The van der Waals surface area contributed by atoms with Crippen molar-refractivity contribution >= 4 is 17.5 Å². The predicted octanol–water partition coefficient (Wildman–Crippen LogP) is 2.51. The fraction of sp³-hybridized carbons (Fsp3) is 0.529. The Hall–Kier alpha value is -1.84. The number of nitrogens with one attached hydrogen (secondary N) is 1. The normalized spacial score (nSPS) is 21.6. The first kappa shape index (κ1) is 14.1. The Bertz CT molecular complexity index is 568. The summed E-state index contributed by atoms with van der Waals surface area (Å²) in [5.41, 5.74) is 3.75. The Morgan fingerprint density at radius 2 is 2.05 bits per heavy atom. The van der Waals surface area contributed by atoms with Crippen molar-refractivity contribution in [3.05, 3.63) is 29.3 Å². The molecular formula is C17H22N2O2. The number of imide groups is 1. The number of nitrogens with zero attached hydrogens (tertiary/aromatic N) is 1. The van der Waals surface area contributed by atoms with Crippen molar-refractivity contribution < 1.29 is 9.59 Å². The lowest BCUT2D eigenvalue weighted by Gasteiger charge is -2.22. The molecule has 1 aliphatic carbocycles. The monoisotopic (exact) mass is 286 g/mol. The molecule has 1 saturated heterocycles. The van der Waals surface area contributed by atoms with E-state index in [2.05, 4.69) is 11.4 Å². The lowest BCUT2D eigenvalue weighted by atomic mass is 9.90. The number of amides is 2. The van der Waals surface area contributed by atoms with E-state index in [0.29, 0.717) is 6.54 Å². The first-order chi connectivity index (χ1) is 10.2. The van der Waals surface area contributed by atoms with Gasteiger partial charge in [0, 0.05) is 12.2 Å². The Kier molecular flexibility index (Phi) is 3.95. The minimum Gasteiger partial charge on any atom is -0.373 e. The van der Waals surface area contributed by atoms with Crippen molar-refractivity contribution in [2.24, 2.45) is 0 Å². The standard InChI is InChI=1S/C17H22N2O2/c1-2-10-19-16(20)11-15(17(19)21)18-14-9-5-7-12-6-3-4-8-13(12)14/h5,7,9,15,18H,2-4,6,8,10-11H2,1H3. The van der Waals surface area contributed by atoms with Crippen LogP contribution in [0.25, 0.3) is 0 Å². The molecule has 2 amide bonds. The predicted molar refractivity (Wildman–Crippen MR) is 82.1 cm³/mol. The molecule has 1 aromatic carbocycles. The topological polar surface area (TPSA) is 49.4 Å². The molecule has 4 heteroatoms. The van der Waals surface area contributed by atoms with Gasteiger partial charge in [0.15, 0.2) is 0 Å². The van der Waals surface area contributed by atoms with E-state index in [4.69, 9.17) is 0 Å². The van der Waals surface area contributed by atoms with Gasteiger partial charge in [0.2, 0.25) is 5.91 Å². The van der Waals surface area contributed by atoms with E-state index in [1.54, 1.807) is 0 Å². The molecule has 0 spiro atoms. The van der Waals surface area contributed by atoms with Crippen molar-refractivity contribution in [2.75, 3.05) is 11.9 Å². The molecule has 0 bridgehead atoms. The van der Waals surface area contributed by atoms with Crippen LogP contribution in [0.4, 0.5) is 5.69 Å². The van der Waals surface area contributed by atoms with E-state index in [1.165, 1.54) is 28.9 Å². The van der Waals surface area contributed by atoms with Crippen LogP contribution in [0, 0.1) is 0 Å². The molecule has 1 unspecified atom stereocenters. The van der Waals surface area contributed by atoms with Gasteiger partial charge in [-0.25, -0.2) is 0 Å². The maximum absolute atomic E-state index is 12.3. The molecule has 0 aromatic heterocycles. The second-order valence-corrected chi connectivity index (χ2v) is 5.94. The summed E-state index contributed by atoms with van der Waals surface area (Å²) in [5, 5.41) is 3.33. The van der Waals surface area contributed by atoms with Crippen LogP contribution < -0.4 is 5.32 Å². The van der Waals surface area contributed by atoms with Crippen molar-refractivity contribution in [1.29, 1.82) is 0 Å². The number of hydrogen-bond donors (Lipinski definition) is 1. The van der Waals surface area contributed by atoms with E-state index in [9.17, 15) is 9.59 Å². The summed E-state index contributed by atoms with van der Waals surface area (Å²) >= 11 is 0. The van der Waals surface area contributed by atoms with Gasteiger partial charge in [-0.1, -0.05) is 19.1 Å². The number of fused-ring (bicyclic) bond motifs is 1. The zero-order chi connectivity index (χ0) is 14.8. The van der Waals surface area contributed by atoms with Gasteiger partial charge in [-0.3, -0.25) is 14.5 Å². The van der Waals surface area contributed by atoms with Crippen molar-refractivity contribution in [3.63, 3.8) is 0 Å². The first-order valence-corrected chi connectivity index (χ1v) is 7.92. The molecular weight excluding hydrogens is 264 g/mol. The van der Waals surface area contributed by atoms with Crippen molar-refractivity contribution in [3.8, 4) is 0 Å². The number of hydrogen-bond acceptors (Lipinski definition) is 3. The molecule has 1 atom stereocenters. The maximum atomic E-state index is 12.3. The van der Waals surface area contributed by atoms with Gasteiger partial charge in [0.1, 0.15) is 6.04 Å². The number of carbonyl (C=O) groups is 2. The van der Waals surface area contributed by atoms with Gasteiger partial charge in [-0.15, -0.1) is 0 Å². The lowest BCUT2D eigenvalue weighted by Crippen LogP contribution is -2.35. The highest BCUT2D eigenvalue weighted by atomic mass is 16.2. The molecule has 1 fully saturated rings. The maximum Gasteiger partial charge on any atom is 0.252 e. The Morgan fingerprint density at radius 3 is 2.86 bits per heavy atom. The highest BCUT2D eigenvalue weighted by Crippen LogP contribution is 2.29. The molecule has 1 aromatic rings. The molecule has 21 heavy (non-hydrogen) atoms. The van der Waals surface area contributed by atoms with Gasteiger partial charge in [-0.2, -0.15) is 0 Å². The molecule has 2 aliphatic rings. The largest absolute Gasteiger partial charge is 0.373 e. The third-order valence-electron chi connectivity index (χ3n) is 4.42. The summed E-state index contributed by atoms with van der Waals surface area (Å²) in [6, 6.07) is 5.85. The van der Waals surface area contributed by atoms with E-state index in [1.807, 2.05) is 19.1 Å². The molecule has 1 aliphatic heterocycles. The van der Waals surface area contributed by atoms with Gasteiger partial charge >= 0.3 is 0 Å². The summed E-state index contributed by atoms with van der Waals surface area (Å²) in [6.45, 7) is 2.51. The summed E-state index contributed by atoms with van der Waals surface area (Å²) in [7, 11) is 0. The molecule has 3 rings (SSSR count). The van der Waals surface area contributed by atoms with Crippen LogP contribution in [0.1, 0.15) is 43.7 Å². The Balaban J connectivity index is 1.79. The summed E-state index contributed by atoms with van der Waals surface area (Å²) in [5.74, 6) is -0.126. The second-order valence-electron chi connectivity index (χ2n) is 5.94. The quantitative estimate of drug-likeness (QED) is 0.865. The van der Waals surface area contributed by atoms with E-state index in [-0.39, 0.29) is 18.2 Å². The van der Waals surface area contributed by atoms with Crippen LogP contribution in [-0.2, 0) is 22.4 Å². The molecule has 1 heterocycles. The SMILES string of the molecule is CCCN1C(=O)CC(Nc2cccc3c2CCCC3)C1=O. The molecule has 4 nitrogen and oxygen atoms in total. The summed E-state index contributed by atoms with van der Waals surface area (Å²) < 4.78 is 0. The summed E-state index contributed by atoms with van der Waals surface area (Å²) in [6.07, 6.45) is 5.70. The number of aryl methyl sites for hydroxylation is 1. The average molecular weight is 286 g/mol. The minimum atomic E-state index is -0.391. The third-order valence-corrected chi connectivity index (χ3v) is 4.42.